The van der Waals surface area contributed by atoms with Gasteiger partial charge >= 0.3 is 5.97 Å². The molecule has 0 bridgehead atoms. The highest BCUT2D eigenvalue weighted by molar-refractivity contribution is 8.49. The highest BCUT2D eigenvalue weighted by Gasteiger charge is 1.73. The van der Waals surface area contributed by atoms with Gasteiger partial charge in [-0.25, -0.2) is 4.79 Å². The molecule has 0 spiro atoms. The maximum atomic E-state index is 9.25. The smallest absolute Gasteiger partial charge is 0.327 e. The topological polar surface area (TPSA) is 37.3 Å². The van der Waals surface area contributed by atoms with Crippen LogP contribution in [0.4, 0.5) is 0 Å². The minimum Gasteiger partial charge on any atom is -0.478 e. The van der Waals surface area contributed by atoms with Gasteiger partial charge in [-0.1, -0.05) is 18.4 Å². The largest absolute Gasteiger partial charge is 0.478 e. The quantitative estimate of drug-likeness (QED) is 0.349. The average molecular weight is 170 g/mol. The first-order valence-corrected chi connectivity index (χ1v) is 5.57. The fraction of sp³-hybridized carbons (Fsp3) is 0. The lowest BCUT2D eigenvalue weighted by Crippen LogP contribution is -1.82. The number of rotatable bonds is 1. The zero-order valence-electron chi connectivity index (χ0n) is 4.07. The molecule has 0 fully saturated rings. The van der Waals surface area contributed by atoms with E-state index in [-0.39, 0.29) is 6.56 Å². The van der Waals surface area contributed by atoms with Gasteiger partial charge in [-0.3, -0.25) is 0 Å². The molecule has 0 rings (SSSR count). The molecule has 1 atom stereocenters. The third-order valence-corrected chi connectivity index (χ3v) is 0.175. The van der Waals surface area contributed by atoms with Crippen molar-refractivity contribution < 1.29 is 9.90 Å². The molecule has 1 unspecified atom stereocenters. The first-order valence-electron chi connectivity index (χ1n) is 1.62. The molecule has 0 aromatic heterocycles. The van der Waals surface area contributed by atoms with E-state index in [9.17, 15) is 4.79 Å². The zero-order chi connectivity index (χ0) is 6.99. The molecule has 0 aliphatic heterocycles. The van der Waals surface area contributed by atoms with Crippen LogP contribution >= 0.6 is 18.8 Å². The van der Waals surface area contributed by atoms with Crippen LogP contribution in [0.1, 0.15) is 0 Å². The predicted octanol–water partition coefficient (Wildman–Crippen LogP) is 0.961. The lowest BCUT2D eigenvalue weighted by Gasteiger charge is -1.64. The summed E-state index contributed by atoms with van der Waals surface area (Å²) in [6.07, 6.45) is 0.833. The number of carboxylic acid groups (broad SMARTS) is 1. The number of aliphatic carboxylic acids is 1. The lowest BCUT2D eigenvalue weighted by atomic mass is 10.7. The molecule has 5 heteroatoms. The van der Waals surface area contributed by atoms with E-state index >= 15 is 0 Å². The summed E-state index contributed by atoms with van der Waals surface area (Å²) in [6.45, 7) is 2.99. The van der Waals surface area contributed by atoms with Crippen LogP contribution in [-0.4, -0.2) is 11.1 Å². The molecule has 0 saturated carbocycles. The van der Waals surface area contributed by atoms with Crippen molar-refractivity contribution in [1.82, 2.24) is 0 Å². The second-order valence-electron chi connectivity index (χ2n) is 0.648. The number of carboxylic acids is 1. The van der Waals surface area contributed by atoms with Crippen molar-refractivity contribution in [2.24, 2.45) is 0 Å². The summed E-state index contributed by atoms with van der Waals surface area (Å²) in [6, 6.07) is 0. The van der Waals surface area contributed by atoms with Crippen LogP contribution in [0.15, 0.2) is 12.7 Å². The standard InChI is InChI=1S/C3H4O2.H3PS2/c1-2-3(4)5;2-1-3/h2H,1H2,(H,4,5);1H2,(H,2,3). The highest BCUT2D eigenvalue weighted by Crippen LogP contribution is 1.91. The second-order valence-corrected chi connectivity index (χ2v) is 3.39. The molecule has 2 nitrogen and oxygen atoms in total. The molecule has 0 heterocycles. The molecule has 0 aromatic rings. The van der Waals surface area contributed by atoms with Gasteiger partial charge in [0.1, 0.15) is 0 Å². The van der Waals surface area contributed by atoms with Crippen LogP contribution in [0.5, 0.6) is 0 Å². The fourth-order valence-electron chi connectivity index (χ4n) is 0. The molecule has 0 saturated heterocycles. The second kappa shape index (κ2) is 10.2. The summed E-state index contributed by atoms with van der Waals surface area (Å²) in [4.78, 5) is 9.25. The van der Waals surface area contributed by atoms with E-state index < -0.39 is 5.97 Å². The molecule has 0 amide bonds. The van der Waals surface area contributed by atoms with E-state index in [4.69, 9.17) is 5.11 Å². The van der Waals surface area contributed by atoms with Crippen LogP contribution in [0.2, 0.25) is 0 Å². The van der Waals surface area contributed by atoms with Gasteiger partial charge in [0.25, 0.3) is 0 Å². The Morgan fingerprint density at radius 3 is 2.12 bits per heavy atom. The normalized spacial score (nSPS) is 7.62. The zero-order valence-corrected chi connectivity index (χ0v) is 6.94. The molecular weight excluding hydrogens is 163 g/mol. The van der Waals surface area contributed by atoms with Crippen LogP contribution < -0.4 is 0 Å². The summed E-state index contributed by atoms with van der Waals surface area (Å²) in [5.41, 5.74) is 0. The van der Waals surface area contributed by atoms with Crippen molar-refractivity contribution in [3.63, 3.8) is 0 Å². The van der Waals surface area contributed by atoms with Gasteiger partial charge in [-0.05, 0) is 6.56 Å². The molecule has 1 N–H and O–H groups in total. The van der Waals surface area contributed by atoms with Crippen molar-refractivity contribution in [3.05, 3.63) is 12.7 Å². The Morgan fingerprint density at radius 1 is 2.00 bits per heavy atom. The highest BCUT2D eigenvalue weighted by atomic mass is 32.9. The maximum Gasteiger partial charge on any atom is 0.327 e. The Hall–Kier alpha value is 0.210. The minimum atomic E-state index is -0.981. The Balaban J connectivity index is 0. The van der Waals surface area contributed by atoms with Gasteiger partial charge in [0.2, 0.25) is 0 Å². The molecule has 0 aliphatic rings. The van der Waals surface area contributed by atoms with E-state index in [1.165, 1.54) is 0 Å². The van der Waals surface area contributed by atoms with Gasteiger partial charge in [0.05, 0.1) is 0 Å². The number of carbonyl (C=O) groups is 1. The van der Waals surface area contributed by atoms with E-state index in [1.807, 2.05) is 0 Å². The third-order valence-electron chi connectivity index (χ3n) is 0.175. The van der Waals surface area contributed by atoms with E-state index in [0.29, 0.717) is 0 Å². The molecule has 8 heavy (non-hydrogen) atoms. The SMILES string of the molecule is C=CC(=O)O.S=[PH2]S. The van der Waals surface area contributed by atoms with Gasteiger partial charge < -0.3 is 5.11 Å². The van der Waals surface area contributed by atoms with E-state index in [0.717, 1.165) is 6.08 Å². The van der Waals surface area contributed by atoms with Crippen molar-refractivity contribution in [1.29, 1.82) is 0 Å². The average Bonchev–Trinajstić information content (AvgIpc) is 1.69. The number of hydrogen-bond acceptors (Lipinski definition) is 2. The lowest BCUT2D eigenvalue weighted by molar-refractivity contribution is -0.131. The monoisotopic (exact) mass is 170 g/mol. The van der Waals surface area contributed by atoms with Gasteiger partial charge in [-0.15, -0.1) is 12.2 Å². The number of hydrogen-bond donors (Lipinski definition) is 2. The minimum absolute atomic E-state index is 0.0278. The number of thiol groups is 1. The Kier molecular flexibility index (Phi) is 14.2. The van der Waals surface area contributed by atoms with Crippen molar-refractivity contribution in [3.8, 4) is 0 Å². The Morgan fingerprint density at radius 2 is 2.12 bits per heavy atom. The summed E-state index contributed by atoms with van der Waals surface area (Å²) in [5.74, 6) is -0.981. The third kappa shape index (κ3) is 34.5. The molecule has 48 valence electrons. The summed E-state index contributed by atoms with van der Waals surface area (Å²) in [7, 11) is 0. The van der Waals surface area contributed by atoms with Crippen molar-refractivity contribution in [2.75, 3.05) is 0 Å². The van der Waals surface area contributed by atoms with Crippen LogP contribution in [0.3, 0.4) is 0 Å². The van der Waals surface area contributed by atoms with E-state index in [2.05, 4.69) is 30.6 Å². The predicted molar refractivity (Wildman–Crippen MR) is 43.9 cm³/mol. The molecule has 0 aromatic carbocycles. The van der Waals surface area contributed by atoms with E-state index in [1.54, 1.807) is 0 Å². The molecular formula is C3H7O2PS2. The summed E-state index contributed by atoms with van der Waals surface area (Å²) >= 11 is 8.03. The first-order chi connectivity index (χ1) is 3.68. The first kappa shape index (κ1) is 11.1. The molecule has 0 radical (unpaired) electrons. The Labute approximate surface area is 59.6 Å². The summed E-state index contributed by atoms with van der Waals surface area (Å²) in [5, 5.41) is 7.60. The van der Waals surface area contributed by atoms with Gasteiger partial charge in [0, 0.05) is 6.08 Å². The summed E-state index contributed by atoms with van der Waals surface area (Å²) < 4.78 is 0. The Bertz CT molecular complexity index is 93.3. The van der Waals surface area contributed by atoms with Crippen LogP contribution in [0.25, 0.3) is 0 Å². The van der Waals surface area contributed by atoms with Gasteiger partial charge in [-0.2, -0.15) is 0 Å². The van der Waals surface area contributed by atoms with Crippen molar-refractivity contribution >= 4 is 36.6 Å². The van der Waals surface area contributed by atoms with Crippen molar-refractivity contribution in [2.45, 2.75) is 0 Å². The molecule has 0 aliphatic carbocycles. The van der Waals surface area contributed by atoms with Gasteiger partial charge in [0.15, 0.2) is 0 Å². The fourth-order valence-corrected chi connectivity index (χ4v) is 0. The van der Waals surface area contributed by atoms with Crippen LogP contribution in [-0.2, 0) is 16.6 Å². The maximum absolute atomic E-state index is 9.25. The van der Waals surface area contributed by atoms with Crippen LogP contribution in [0, 0.1) is 0 Å².